The van der Waals surface area contributed by atoms with Gasteiger partial charge in [-0.05, 0) is 31.5 Å². The van der Waals surface area contributed by atoms with Gasteiger partial charge in [0.25, 0.3) is 0 Å². The van der Waals surface area contributed by atoms with Crippen LogP contribution in [0.3, 0.4) is 0 Å². The highest BCUT2D eigenvalue weighted by atomic mass is 14.9. The molecule has 1 aromatic carbocycles. The summed E-state index contributed by atoms with van der Waals surface area (Å²) in [5, 5.41) is 3.49. The van der Waals surface area contributed by atoms with Crippen LogP contribution in [0.15, 0.2) is 42.9 Å². The molecule has 1 N–H and O–H groups in total. The zero-order valence-electron chi connectivity index (χ0n) is 10.9. The monoisotopic (exact) mass is 241 g/mol. The number of nitrogens with one attached hydrogen (secondary N) is 1. The van der Waals surface area contributed by atoms with Crippen molar-refractivity contribution in [1.29, 1.82) is 0 Å². The van der Waals surface area contributed by atoms with Crippen molar-refractivity contribution in [1.82, 2.24) is 15.3 Å². The maximum Gasteiger partial charge on any atom is 0.0885 e. The summed E-state index contributed by atoms with van der Waals surface area (Å²) in [6.07, 6.45) is 6.36. The minimum absolute atomic E-state index is 0.363. The van der Waals surface area contributed by atoms with Crippen molar-refractivity contribution in [2.45, 2.75) is 26.3 Å². The Morgan fingerprint density at radius 3 is 2.89 bits per heavy atom. The van der Waals surface area contributed by atoms with Crippen LogP contribution in [-0.2, 0) is 0 Å². The average molecular weight is 241 g/mol. The molecule has 0 bridgehead atoms. The number of hydrogen-bond acceptors (Lipinski definition) is 3. The van der Waals surface area contributed by atoms with E-state index in [4.69, 9.17) is 0 Å². The third-order valence-electron chi connectivity index (χ3n) is 2.95. The molecular formula is C15H19N3. The predicted molar refractivity (Wildman–Crippen MR) is 74.2 cm³/mol. The molecule has 18 heavy (non-hydrogen) atoms. The van der Waals surface area contributed by atoms with Crippen molar-refractivity contribution in [3.8, 4) is 11.3 Å². The van der Waals surface area contributed by atoms with Gasteiger partial charge >= 0.3 is 0 Å². The van der Waals surface area contributed by atoms with Gasteiger partial charge in [0.15, 0.2) is 0 Å². The number of hydrogen-bond donors (Lipinski definition) is 1. The third kappa shape index (κ3) is 3.14. The zero-order chi connectivity index (χ0) is 12.8. The van der Waals surface area contributed by atoms with E-state index < -0.39 is 0 Å². The van der Waals surface area contributed by atoms with E-state index in [1.54, 1.807) is 18.6 Å². The number of benzene rings is 1. The fourth-order valence-electron chi connectivity index (χ4n) is 1.89. The van der Waals surface area contributed by atoms with E-state index >= 15 is 0 Å². The summed E-state index contributed by atoms with van der Waals surface area (Å²) in [5.41, 5.74) is 3.32. The first-order valence-electron chi connectivity index (χ1n) is 6.41. The maximum atomic E-state index is 4.33. The second-order valence-corrected chi connectivity index (χ2v) is 4.39. The Morgan fingerprint density at radius 2 is 2.17 bits per heavy atom. The molecule has 1 heterocycles. The second-order valence-electron chi connectivity index (χ2n) is 4.39. The normalized spacial score (nSPS) is 12.3. The molecule has 1 atom stereocenters. The SMILES string of the molecule is CCCNC(C)c1cccc(-c2cnccn2)c1. The van der Waals surface area contributed by atoms with Gasteiger partial charge < -0.3 is 5.32 Å². The Kier molecular flexibility index (Phi) is 4.42. The van der Waals surface area contributed by atoms with Crippen LogP contribution < -0.4 is 5.32 Å². The van der Waals surface area contributed by atoms with Crippen LogP contribution in [0.2, 0.25) is 0 Å². The van der Waals surface area contributed by atoms with Crippen LogP contribution in [0.5, 0.6) is 0 Å². The smallest absolute Gasteiger partial charge is 0.0885 e. The molecular weight excluding hydrogens is 222 g/mol. The molecule has 0 aliphatic heterocycles. The quantitative estimate of drug-likeness (QED) is 0.873. The van der Waals surface area contributed by atoms with E-state index in [0.29, 0.717) is 6.04 Å². The van der Waals surface area contributed by atoms with Crippen molar-refractivity contribution in [3.63, 3.8) is 0 Å². The lowest BCUT2D eigenvalue weighted by molar-refractivity contribution is 0.571. The Hall–Kier alpha value is -1.74. The summed E-state index contributed by atoms with van der Waals surface area (Å²) in [6, 6.07) is 8.83. The van der Waals surface area contributed by atoms with Gasteiger partial charge in [-0.1, -0.05) is 25.1 Å². The van der Waals surface area contributed by atoms with E-state index in [2.05, 4.69) is 53.4 Å². The highest BCUT2D eigenvalue weighted by Gasteiger charge is 2.06. The van der Waals surface area contributed by atoms with Crippen LogP contribution in [-0.4, -0.2) is 16.5 Å². The maximum absolute atomic E-state index is 4.33. The molecule has 2 aromatic rings. The first-order chi connectivity index (χ1) is 8.81. The van der Waals surface area contributed by atoms with E-state index in [0.717, 1.165) is 24.2 Å². The lowest BCUT2D eigenvalue weighted by atomic mass is 10.0. The summed E-state index contributed by atoms with van der Waals surface area (Å²) in [6.45, 7) is 5.40. The molecule has 0 spiro atoms. The van der Waals surface area contributed by atoms with Gasteiger partial charge in [-0.15, -0.1) is 0 Å². The Balaban J connectivity index is 2.20. The van der Waals surface area contributed by atoms with Gasteiger partial charge in [-0.3, -0.25) is 9.97 Å². The fraction of sp³-hybridized carbons (Fsp3) is 0.333. The van der Waals surface area contributed by atoms with E-state index in [1.165, 1.54) is 5.56 Å². The molecule has 2 rings (SSSR count). The van der Waals surface area contributed by atoms with Crippen LogP contribution in [0.1, 0.15) is 31.9 Å². The van der Waals surface area contributed by atoms with Crippen molar-refractivity contribution < 1.29 is 0 Å². The van der Waals surface area contributed by atoms with Gasteiger partial charge in [0, 0.05) is 24.0 Å². The van der Waals surface area contributed by atoms with E-state index in [-0.39, 0.29) is 0 Å². The van der Waals surface area contributed by atoms with Gasteiger partial charge in [-0.2, -0.15) is 0 Å². The highest BCUT2D eigenvalue weighted by Crippen LogP contribution is 2.20. The van der Waals surface area contributed by atoms with E-state index in [1.807, 2.05) is 0 Å². The molecule has 94 valence electrons. The Morgan fingerprint density at radius 1 is 1.28 bits per heavy atom. The molecule has 0 radical (unpaired) electrons. The van der Waals surface area contributed by atoms with Crippen LogP contribution >= 0.6 is 0 Å². The molecule has 0 saturated carbocycles. The molecule has 1 unspecified atom stereocenters. The Labute approximate surface area is 108 Å². The lowest BCUT2D eigenvalue weighted by Crippen LogP contribution is -2.19. The number of nitrogens with zero attached hydrogens (tertiary/aromatic N) is 2. The molecule has 3 heteroatoms. The standard InChI is InChI=1S/C15H19N3/c1-3-7-17-12(2)13-5-4-6-14(10-13)15-11-16-8-9-18-15/h4-6,8-12,17H,3,7H2,1-2H3. The molecule has 3 nitrogen and oxygen atoms in total. The minimum atomic E-state index is 0.363. The zero-order valence-corrected chi connectivity index (χ0v) is 10.9. The largest absolute Gasteiger partial charge is 0.310 e. The highest BCUT2D eigenvalue weighted by molar-refractivity contribution is 5.59. The van der Waals surface area contributed by atoms with Crippen LogP contribution in [0.25, 0.3) is 11.3 Å². The topological polar surface area (TPSA) is 37.8 Å². The number of rotatable bonds is 5. The molecule has 0 saturated heterocycles. The minimum Gasteiger partial charge on any atom is -0.310 e. The first-order valence-corrected chi connectivity index (χ1v) is 6.41. The fourth-order valence-corrected chi connectivity index (χ4v) is 1.89. The van der Waals surface area contributed by atoms with Crippen LogP contribution in [0.4, 0.5) is 0 Å². The summed E-state index contributed by atoms with van der Waals surface area (Å²) >= 11 is 0. The summed E-state index contributed by atoms with van der Waals surface area (Å²) in [4.78, 5) is 8.44. The van der Waals surface area contributed by atoms with Gasteiger partial charge in [0.1, 0.15) is 0 Å². The average Bonchev–Trinajstić information content (AvgIpc) is 2.46. The molecule has 1 aromatic heterocycles. The lowest BCUT2D eigenvalue weighted by Gasteiger charge is -2.14. The summed E-state index contributed by atoms with van der Waals surface area (Å²) in [7, 11) is 0. The summed E-state index contributed by atoms with van der Waals surface area (Å²) < 4.78 is 0. The molecule has 0 fully saturated rings. The second kappa shape index (κ2) is 6.26. The summed E-state index contributed by atoms with van der Waals surface area (Å²) in [5.74, 6) is 0. The van der Waals surface area contributed by atoms with Crippen molar-refractivity contribution in [2.75, 3.05) is 6.54 Å². The Bertz CT molecular complexity index is 482. The van der Waals surface area contributed by atoms with Crippen molar-refractivity contribution >= 4 is 0 Å². The first kappa shape index (κ1) is 12.7. The molecule has 0 amide bonds. The van der Waals surface area contributed by atoms with Crippen molar-refractivity contribution in [3.05, 3.63) is 48.4 Å². The third-order valence-corrected chi connectivity index (χ3v) is 2.95. The van der Waals surface area contributed by atoms with Crippen molar-refractivity contribution in [2.24, 2.45) is 0 Å². The van der Waals surface area contributed by atoms with E-state index in [9.17, 15) is 0 Å². The number of aromatic nitrogens is 2. The van der Waals surface area contributed by atoms with Gasteiger partial charge in [0.05, 0.1) is 11.9 Å². The van der Waals surface area contributed by atoms with Gasteiger partial charge in [-0.25, -0.2) is 0 Å². The molecule has 0 aliphatic carbocycles. The van der Waals surface area contributed by atoms with Crippen LogP contribution in [0, 0.1) is 0 Å². The predicted octanol–water partition coefficient (Wildman–Crippen LogP) is 3.20. The molecule has 0 aliphatic rings. The van der Waals surface area contributed by atoms with Gasteiger partial charge in [0.2, 0.25) is 0 Å².